The molecule has 1 saturated heterocycles. The fourth-order valence-electron chi connectivity index (χ4n) is 1.83. The van der Waals surface area contributed by atoms with Gasteiger partial charge in [0.1, 0.15) is 24.5 Å². The summed E-state index contributed by atoms with van der Waals surface area (Å²) in [5, 5.41) is 46.7. The number of likely N-dealkylation sites (N-methyl/N-ethyl adjacent to an activating group) is 1. The molecule has 0 aliphatic carbocycles. The molecule has 14 heavy (non-hydrogen) atoms. The third-order valence-electron chi connectivity index (χ3n) is 2.72. The molecule has 0 aromatic carbocycles. The number of hydrogen-bond acceptors (Lipinski definition) is 6. The lowest BCUT2D eigenvalue weighted by Crippen LogP contribution is -2.67. The molecule has 1 unspecified atom stereocenters. The Kier molecular flexibility index (Phi) is 3.82. The third-order valence-corrected chi connectivity index (χ3v) is 2.72. The van der Waals surface area contributed by atoms with E-state index in [0.717, 1.165) is 0 Å². The molecule has 0 radical (unpaired) electrons. The van der Waals surface area contributed by atoms with Crippen molar-refractivity contribution >= 4 is 0 Å². The number of hydrogen-bond donors (Lipinski definition) is 5. The van der Waals surface area contributed by atoms with Crippen LogP contribution in [0, 0.1) is 0 Å². The van der Waals surface area contributed by atoms with Crippen LogP contribution in [0.3, 0.4) is 0 Å². The van der Waals surface area contributed by atoms with Crippen LogP contribution in [0.2, 0.25) is 0 Å². The minimum absolute atomic E-state index is 0.368. The fourth-order valence-corrected chi connectivity index (χ4v) is 1.83. The maximum Gasteiger partial charge on any atom is 0.136 e. The van der Waals surface area contributed by atoms with Crippen LogP contribution in [0.1, 0.15) is 6.92 Å². The molecule has 5 atom stereocenters. The zero-order valence-corrected chi connectivity index (χ0v) is 7.98. The summed E-state index contributed by atoms with van der Waals surface area (Å²) in [6, 6.07) is -0.742. The highest BCUT2D eigenvalue weighted by atomic mass is 16.4. The second kappa shape index (κ2) is 4.52. The van der Waals surface area contributed by atoms with E-state index in [2.05, 4.69) is 0 Å². The zero-order chi connectivity index (χ0) is 10.9. The van der Waals surface area contributed by atoms with Gasteiger partial charge in [0.15, 0.2) is 0 Å². The molecule has 84 valence electrons. The van der Waals surface area contributed by atoms with Crippen molar-refractivity contribution in [2.24, 2.45) is 0 Å². The van der Waals surface area contributed by atoms with Crippen LogP contribution < -0.4 is 0 Å². The topological polar surface area (TPSA) is 104 Å². The minimum Gasteiger partial charge on any atom is -0.395 e. The number of likely N-dealkylation sites (tertiary alicyclic amines) is 1. The van der Waals surface area contributed by atoms with Gasteiger partial charge in [-0.3, -0.25) is 4.90 Å². The molecule has 0 aromatic rings. The molecule has 0 amide bonds. The SMILES string of the molecule is CCN1C(O)[C@H](O)[C@@H](O)[C@H](O)[C@H]1CO. The van der Waals surface area contributed by atoms with Crippen LogP contribution >= 0.6 is 0 Å². The summed E-state index contributed by atoms with van der Waals surface area (Å²) in [4.78, 5) is 1.35. The average molecular weight is 207 g/mol. The standard InChI is InChI=1S/C8H17NO5/c1-2-9-4(3-10)5(11)6(12)7(13)8(9)14/h4-8,10-14H,2-3H2,1H3/t4-,5-,6+,7-,8?/m1/s1. The van der Waals surface area contributed by atoms with E-state index < -0.39 is 30.6 Å². The molecule has 5 N–H and O–H groups in total. The molecule has 6 nitrogen and oxygen atoms in total. The Bertz CT molecular complexity index is 171. The van der Waals surface area contributed by atoms with Gasteiger partial charge in [0.05, 0.1) is 12.6 Å². The lowest BCUT2D eigenvalue weighted by atomic mass is 9.93. The summed E-state index contributed by atoms with van der Waals surface area (Å²) in [7, 11) is 0. The van der Waals surface area contributed by atoms with E-state index in [1.807, 2.05) is 0 Å². The van der Waals surface area contributed by atoms with E-state index in [1.54, 1.807) is 6.92 Å². The first-order valence-corrected chi connectivity index (χ1v) is 4.63. The van der Waals surface area contributed by atoms with Gasteiger partial charge in [-0.15, -0.1) is 0 Å². The van der Waals surface area contributed by atoms with Crippen molar-refractivity contribution in [1.29, 1.82) is 0 Å². The Labute approximate surface area is 82.0 Å². The van der Waals surface area contributed by atoms with Gasteiger partial charge in [-0.05, 0) is 6.54 Å². The molecule has 1 fully saturated rings. The van der Waals surface area contributed by atoms with Gasteiger partial charge in [0, 0.05) is 0 Å². The molecule has 0 saturated carbocycles. The van der Waals surface area contributed by atoms with Gasteiger partial charge >= 0.3 is 0 Å². The molecule has 1 aliphatic heterocycles. The van der Waals surface area contributed by atoms with Crippen molar-refractivity contribution in [3.8, 4) is 0 Å². The number of aliphatic hydroxyl groups excluding tert-OH is 5. The van der Waals surface area contributed by atoms with Crippen LogP contribution in [0.5, 0.6) is 0 Å². The van der Waals surface area contributed by atoms with E-state index in [-0.39, 0.29) is 6.61 Å². The normalized spacial score (nSPS) is 45.4. The Morgan fingerprint density at radius 2 is 1.57 bits per heavy atom. The molecular formula is C8H17NO5. The van der Waals surface area contributed by atoms with Crippen LogP contribution in [-0.2, 0) is 0 Å². The molecule has 0 spiro atoms. The summed E-state index contributed by atoms with van der Waals surface area (Å²) in [5.41, 5.74) is 0. The van der Waals surface area contributed by atoms with Gasteiger partial charge in [0.25, 0.3) is 0 Å². The summed E-state index contributed by atoms with van der Waals surface area (Å²) in [5.74, 6) is 0. The summed E-state index contributed by atoms with van der Waals surface area (Å²) in [6.07, 6.45) is -5.34. The van der Waals surface area contributed by atoms with E-state index in [9.17, 15) is 20.4 Å². The van der Waals surface area contributed by atoms with E-state index in [4.69, 9.17) is 5.11 Å². The maximum atomic E-state index is 9.52. The van der Waals surface area contributed by atoms with Crippen molar-refractivity contribution in [2.75, 3.05) is 13.2 Å². The number of aliphatic hydroxyl groups is 5. The average Bonchev–Trinajstić information content (AvgIpc) is 2.20. The number of piperidine rings is 1. The molecule has 0 aromatic heterocycles. The number of nitrogens with zero attached hydrogens (tertiary/aromatic N) is 1. The third kappa shape index (κ3) is 1.77. The Balaban J connectivity index is 2.84. The van der Waals surface area contributed by atoms with Crippen molar-refractivity contribution in [2.45, 2.75) is 37.5 Å². The summed E-state index contributed by atoms with van der Waals surface area (Å²) in [6.45, 7) is 1.71. The number of rotatable bonds is 2. The van der Waals surface area contributed by atoms with Crippen LogP contribution in [-0.4, -0.2) is 74.2 Å². The molecular weight excluding hydrogens is 190 g/mol. The molecule has 1 heterocycles. The molecule has 1 rings (SSSR count). The van der Waals surface area contributed by atoms with Crippen LogP contribution in [0.15, 0.2) is 0 Å². The van der Waals surface area contributed by atoms with Crippen molar-refractivity contribution in [1.82, 2.24) is 4.90 Å². The highest BCUT2D eigenvalue weighted by Gasteiger charge is 2.45. The second-order valence-electron chi connectivity index (χ2n) is 3.47. The lowest BCUT2D eigenvalue weighted by molar-refractivity contribution is -0.221. The molecule has 0 bridgehead atoms. The first-order chi connectivity index (χ1) is 6.54. The largest absolute Gasteiger partial charge is 0.395 e. The highest BCUT2D eigenvalue weighted by molar-refractivity contribution is 4.95. The van der Waals surface area contributed by atoms with Crippen molar-refractivity contribution in [3.63, 3.8) is 0 Å². The summed E-state index contributed by atoms with van der Waals surface area (Å²) >= 11 is 0. The predicted octanol–water partition coefficient (Wildman–Crippen LogP) is -2.92. The molecule has 6 heteroatoms. The predicted molar refractivity (Wildman–Crippen MR) is 47.3 cm³/mol. The fraction of sp³-hybridized carbons (Fsp3) is 1.00. The first kappa shape index (κ1) is 11.8. The highest BCUT2D eigenvalue weighted by Crippen LogP contribution is 2.22. The second-order valence-corrected chi connectivity index (χ2v) is 3.47. The van der Waals surface area contributed by atoms with Crippen molar-refractivity contribution in [3.05, 3.63) is 0 Å². The van der Waals surface area contributed by atoms with Gasteiger partial charge < -0.3 is 25.5 Å². The summed E-state index contributed by atoms with van der Waals surface area (Å²) < 4.78 is 0. The van der Waals surface area contributed by atoms with Gasteiger partial charge in [-0.25, -0.2) is 0 Å². The van der Waals surface area contributed by atoms with E-state index >= 15 is 0 Å². The monoisotopic (exact) mass is 207 g/mol. The smallest absolute Gasteiger partial charge is 0.136 e. The van der Waals surface area contributed by atoms with E-state index in [1.165, 1.54) is 4.90 Å². The quantitative estimate of drug-likeness (QED) is 0.332. The van der Waals surface area contributed by atoms with Crippen LogP contribution in [0.4, 0.5) is 0 Å². The van der Waals surface area contributed by atoms with Gasteiger partial charge in [0.2, 0.25) is 0 Å². The van der Waals surface area contributed by atoms with Gasteiger partial charge in [-0.2, -0.15) is 0 Å². The maximum absolute atomic E-state index is 9.52. The Morgan fingerprint density at radius 1 is 1.00 bits per heavy atom. The van der Waals surface area contributed by atoms with E-state index in [0.29, 0.717) is 6.54 Å². The Morgan fingerprint density at radius 3 is 2.00 bits per heavy atom. The Hall–Kier alpha value is -0.240. The van der Waals surface area contributed by atoms with Crippen molar-refractivity contribution < 1.29 is 25.5 Å². The lowest BCUT2D eigenvalue weighted by Gasteiger charge is -2.45. The van der Waals surface area contributed by atoms with Crippen LogP contribution in [0.25, 0.3) is 0 Å². The first-order valence-electron chi connectivity index (χ1n) is 4.63. The van der Waals surface area contributed by atoms with Gasteiger partial charge in [-0.1, -0.05) is 6.92 Å². The minimum atomic E-state index is -1.43. The molecule has 1 aliphatic rings. The zero-order valence-electron chi connectivity index (χ0n) is 7.98.